The number of aromatic nitrogens is 3. The highest BCUT2D eigenvalue weighted by Crippen LogP contribution is 2.32. The molecule has 7 heteroatoms. The van der Waals surface area contributed by atoms with Gasteiger partial charge in [0.25, 0.3) is 5.56 Å². The smallest absolute Gasteiger partial charge is 0.282 e. The molecule has 6 rings (SSSR count). The topological polar surface area (TPSA) is 52.2 Å². The maximum Gasteiger partial charge on any atom is 0.282 e. The van der Waals surface area contributed by atoms with Crippen LogP contribution in [0.15, 0.2) is 81.1 Å². The first-order valence-corrected chi connectivity index (χ1v) is 14.3. The Hall–Kier alpha value is -3.22. The first-order chi connectivity index (χ1) is 18.5. The van der Waals surface area contributed by atoms with E-state index in [4.69, 9.17) is 21.7 Å². The number of para-hydroxylation sites is 1. The lowest BCUT2D eigenvalue weighted by Crippen LogP contribution is -2.25. The third-order valence-electron chi connectivity index (χ3n) is 7.64. The number of fused-ring (bicyclic) bond motifs is 2. The van der Waals surface area contributed by atoms with Crippen LogP contribution in [0, 0.1) is 6.92 Å². The molecule has 0 bridgehead atoms. The molecule has 5 aromatic rings. The Kier molecular flexibility index (Phi) is 6.93. The minimum absolute atomic E-state index is 0.129. The Balaban J connectivity index is 1.49. The van der Waals surface area contributed by atoms with E-state index in [9.17, 15) is 4.79 Å². The Morgan fingerprint density at radius 2 is 1.79 bits per heavy atom. The van der Waals surface area contributed by atoms with Crippen LogP contribution in [0.2, 0.25) is 5.02 Å². The zero-order valence-corrected chi connectivity index (χ0v) is 23.5. The van der Waals surface area contributed by atoms with Gasteiger partial charge < -0.3 is 4.57 Å². The van der Waals surface area contributed by atoms with E-state index in [1.807, 2.05) is 42.6 Å². The van der Waals surface area contributed by atoms with E-state index >= 15 is 0 Å². The first kappa shape index (κ1) is 25.1. The second-order valence-electron chi connectivity index (χ2n) is 10.1. The van der Waals surface area contributed by atoms with Crippen LogP contribution >= 0.6 is 27.5 Å². The fourth-order valence-electron chi connectivity index (χ4n) is 5.61. The predicted octanol–water partition coefficient (Wildman–Crippen LogP) is 8.05. The van der Waals surface area contributed by atoms with Gasteiger partial charge in [0.15, 0.2) is 0 Å². The molecular weight excluding hydrogens is 560 g/mol. The predicted molar refractivity (Wildman–Crippen MR) is 160 cm³/mol. The summed E-state index contributed by atoms with van der Waals surface area (Å²) in [5.41, 5.74) is 4.99. The van der Waals surface area contributed by atoms with Crippen molar-refractivity contribution >= 4 is 55.6 Å². The molecule has 1 saturated carbocycles. The Morgan fingerprint density at radius 3 is 2.58 bits per heavy atom. The summed E-state index contributed by atoms with van der Waals surface area (Å²) in [6.07, 6.45) is 7.44. The monoisotopic (exact) mass is 586 g/mol. The first-order valence-electron chi connectivity index (χ1n) is 13.1. The van der Waals surface area contributed by atoms with Crippen LogP contribution in [0.5, 0.6) is 0 Å². The fraction of sp³-hybridized carbons (Fsp3) is 0.258. The van der Waals surface area contributed by atoms with Crippen molar-refractivity contribution in [2.45, 2.75) is 51.5 Å². The standard InChI is InChI=1S/C31H28BrClN4O/c1-20-27(25-9-5-6-10-29(25)36(20)19-21-11-14-24(33)15-12-21)18-34-37-30(22-7-3-2-4-8-22)35-28-16-13-23(32)17-26(28)31(37)38/h5-6,9-18,22H,2-4,7-8,19H2,1H3. The van der Waals surface area contributed by atoms with Crippen molar-refractivity contribution in [1.82, 2.24) is 14.2 Å². The zero-order chi connectivity index (χ0) is 26.2. The summed E-state index contributed by atoms with van der Waals surface area (Å²) >= 11 is 9.62. The van der Waals surface area contributed by atoms with E-state index in [1.54, 1.807) is 4.68 Å². The highest BCUT2D eigenvalue weighted by Gasteiger charge is 2.23. The van der Waals surface area contributed by atoms with Gasteiger partial charge in [-0.05, 0) is 61.7 Å². The number of nitrogens with zero attached hydrogens (tertiary/aromatic N) is 4. The Bertz CT molecular complexity index is 1730. The molecule has 3 aromatic carbocycles. The zero-order valence-electron chi connectivity index (χ0n) is 21.2. The normalized spacial score (nSPS) is 14.7. The molecule has 0 aliphatic heterocycles. The number of hydrogen-bond acceptors (Lipinski definition) is 3. The van der Waals surface area contributed by atoms with Gasteiger partial charge in [0.2, 0.25) is 0 Å². The maximum atomic E-state index is 13.8. The van der Waals surface area contributed by atoms with Crippen LogP contribution in [-0.2, 0) is 6.54 Å². The van der Waals surface area contributed by atoms with Crippen LogP contribution in [0.4, 0.5) is 0 Å². The summed E-state index contributed by atoms with van der Waals surface area (Å²) in [7, 11) is 0. The van der Waals surface area contributed by atoms with Crippen molar-refractivity contribution in [2.75, 3.05) is 0 Å². The number of hydrogen-bond donors (Lipinski definition) is 0. The summed E-state index contributed by atoms with van der Waals surface area (Å²) in [6.45, 7) is 2.83. The molecule has 0 amide bonds. The van der Waals surface area contributed by atoms with Crippen LogP contribution in [-0.4, -0.2) is 20.4 Å². The Labute approximate surface area is 234 Å². The highest BCUT2D eigenvalue weighted by molar-refractivity contribution is 9.10. The largest absolute Gasteiger partial charge is 0.340 e. The molecule has 0 N–H and O–H groups in total. The quantitative estimate of drug-likeness (QED) is 0.195. The fourth-order valence-corrected chi connectivity index (χ4v) is 6.10. The van der Waals surface area contributed by atoms with E-state index in [1.165, 1.54) is 12.0 Å². The SMILES string of the molecule is Cc1c(C=Nn2c(C3CCCCC3)nc3ccc(Br)cc3c2=O)c2ccccc2n1Cc1ccc(Cl)cc1. The van der Waals surface area contributed by atoms with E-state index < -0.39 is 0 Å². The molecule has 0 atom stereocenters. The van der Waals surface area contributed by atoms with Gasteiger partial charge in [-0.2, -0.15) is 9.78 Å². The van der Waals surface area contributed by atoms with Gasteiger partial charge in [0.1, 0.15) is 5.82 Å². The molecule has 0 radical (unpaired) electrons. The summed E-state index contributed by atoms with van der Waals surface area (Å²) in [4.78, 5) is 18.7. The van der Waals surface area contributed by atoms with Crippen molar-refractivity contribution in [1.29, 1.82) is 0 Å². The molecule has 0 unspecified atom stereocenters. The molecule has 2 heterocycles. The van der Waals surface area contributed by atoms with Crippen molar-refractivity contribution < 1.29 is 0 Å². The van der Waals surface area contributed by atoms with Crippen molar-refractivity contribution in [3.63, 3.8) is 0 Å². The summed E-state index contributed by atoms with van der Waals surface area (Å²) < 4.78 is 4.70. The van der Waals surface area contributed by atoms with Crippen LogP contribution in [0.25, 0.3) is 21.8 Å². The molecule has 38 heavy (non-hydrogen) atoms. The van der Waals surface area contributed by atoms with Crippen molar-refractivity contribution in [2.24, 2.45) is 5.10 Å². The van der Waals surface area contributed by atoms with Gasteiger partial charge in [-0.3, -0.25) is 4.79 Å². The van der Waals surface area contributed by atoms with Gasteiger partial charge in [0.05, 0.1) is 17.1 Å². The number of benzene rings is 3. The minimum atomic E-state index is -0.129. The van der Waals surface area contributed by atoms with Gasteiger partial charge in [-0.15, -0.1) is 0 Å². The van der Waals surface area contributed by atoms with Crippen LogP contribution in [0.1, 0.15) is 60.7 Å². The lowest BCUT2D eigenvalue weighted by molar-refractivity contribution is 0.416. The van der Waals surface area contributed by atoms with Crippen LogP contribution in [0.3, 0.4) is 0 Å². The van der Waals surface area contributed by atoms with Gasteiger partial charge >= 0.3 is 0 Å². The lowest BCUT2D eigenvalue weighted by Gasteiger charge is -2.22. The molecule has 1 aliphatic carbocycles. The van der Waals surface area contributed by atoms with E-state index in [2.05, 4.69) is 57.8 Å². The van der Waals surface area contributed by atoms with Gasteiger partial charge in [-0.1, -0.05) is 77.1 Å². The van der Waals surface area contributed by atoms with Crippen molar-refractivity contribution in [3.8, 4) is 0 Å². The molecule has 2 aromatic heterocycles. The molecular formula is C31H28BrClN4O. The summed E-state index contributed by atoms with van der Waals surface area (Å²) in [5.74, 6) is 0.998. The van der Waals surface area contributed by atoms with Gasteiger partial charge in [-0.25, -0.2) is 4.98 Å². The molecule has 0 saturated heterocycles. The van der Waals surface area contributed by atoms with Crippen molar-refractivity contribution in [3.05, 3.63) is 109 Å². The third-order valence-corrected chi connectivity index (χ3v) is 8.38. The number of rotatable bonds is 5. The third kappa shape index (κ3) is 4.72. The molecule has 5 nitrogen and oxygen atoms in total. The van der Waals surface area contributed by atoms with Gasteiger partial charge in [0, 0.05) is 44.1 Å². The molecule has 192 valence electrons. The number of halogens is 2. The summed E-state index contributed by atoms with van der Waals surface area (Å²) in [6, 6.07) is 22.0. The molecule has 1 fully saturated rings. The minimum Gasteiger partial charge on any atom is -0.340 e. The molecule has 1 aliphatic rings. The van der Waals surface area contributed by atoms with Crippen LogP contribution < -0.4 is 5.56 Å². The average molecular weight is 588 g/mol. The average Bonchev–Trinajstić information content (AvgIpc) is 3.20. The lowest BCUT2D eigenvalue weighted by atomic mass is 9.88. The highest BCUT2D eigenvalue weighted by atomic mass is 79.9. The molecule has 0 spiro atoms. The Morgan fingerprint density at radius 1 is 1.03 bits per heavy atom. The van der Waals surface area contributed by atoms with E-state index in [0.29, 0.717) is 5.39 Å². The maximum absolute atomic E-state index is 13.8. The summed E-state index contributed by atoms with van der Waals surface area (Å²) in [5, 5.41) is 7.24. The van der Waals surface area contributed by atoms with E-state index in [-0.39, 0.29) is 11.5 Å². The second kappa shape index (κ2) is 10.5. The second-order valence-corrected chi connectivity index (χ2v) is 11.4. The van der Waals surface area contributed by atoms with E-state index in [0.717, 1.165) is 75.2 Å².